The monoisotopic (exact) mass is 482 g/mol. The number of benzene rings is 3. The molecule has 1 aliphatic rings. The van der Waals surface area contributed by atoms with E-state index in [1.54, 1.807) is 0 Å². The average Bonchev–Trinajstić information content (AvgIpc) is 3.36. The molecular formula is C30H30N2O4. The van der Waals surface area contributed by atoms with Gasteiger partial charge in [0, 0.05) is 17.2 Å². The van der Waals surface area contributed by atoms with Crippen LogP contribution in [0.3, 0.4) is 0 Å². The first-order valence-electron chi connectivity index (χ1n) is 12.3. The van der Waals surface area contributed by atoms with Crippen LogP contribution >= 0.6 is 0 Å². The first-order chi connectivity index (χ1) is 17.6. The Kier molecular flexibility index (Phi) is 7.14. The Hall–Kier alpha value is -3.90. The van der Waals surface area contributed by atoms with Crippen molar-refractivity contribution < 1.29 is 18.7 Å². The molecular weight excluding hydrogens is 452 g/mol. The molecule has 6 heteroatoms. The second kappa shape index (κ2) is 10.8. The van der Waals surface area contributed by atoms with Crippen LogP contribution in [0.15, 0.2) is 83.3 Å². The number of ether oxygens (including phenoxy) is 2. The van der Waals surface area contributed by atoms with Crippen LogP contribution < -0.4 is 4.74 Å². The van der Waals surface area contributed by atoms with E-state index < -0.39 is 0 Å². The second-order valence-electron chi connectivity index (χ2n) is 9.03. The molecule has 1 heterocycles. The van der Waals surface area contributed by atoms with Crippen molar-refractivity contribution in [3.63, 3.8) is 0 Å². The van der Waals surface area contributed by atoms with Crippen molar-refractivity contribution in [3.8, 4) is 28.3 Å². The van der Waals surface area contributed by atoms with Gasteiger partial charge in [-0.25, -0.2) is 9.78 Å². The fourth-order valence-corrected chi connectivity index (χ4v) is 4.91. The molecule has 3 aromatic carbocycles. The third-order valence-corrected chi connectivity index (χ3v) is 6.68. The van der Waals surface area contributed by atoms with Gasteiger partial charge in [-0.2, -0.15) is 0 Å². The average molecular weight is 483 g/mol. The smallest absolute Gasteiger partial charge is 0.343 e. The molecule has 0 saturated heterocycles. The highest BCUT2D eigenvalue weighted by Crippen LogP contribution is 2.39. The number of esters is 1. The molecule has 1 aromatic heterocycles. The summed E-state index contributed by atoms with van der Waals surface area (Å²) in [6.07, 6.45) is 2.99. The van der Waals surface area contributed by atoms with E-state index in [-0.39, 0.29) is 18.6 Å². The highest BCUT2D eigenvalue weighted by atomic mass is 16.6. The van der Waals surface area contributed by atoms with Crippen LogP contribution in [0.1, 0.15) is 35.9 Å². The topological polar surface area (TPSA) is 64.8 Å². The Morgan fingerprint density at radius 1 is 1.00 bits per heavy atom. The van der Waals surface area contributed by atoms with Gasteiger partial charge in [-0.15, -0.1) is 0 Å². The Morgan fingerprint density at radius 3 is 2.44 bits per heavy atom. The minimum absolute atomic E-state index is 0.0890. The van der Waals surface area contributed by atoms with Gasteiger partial charge < -0.3 is 13.9 Å². The van der Waals surface area contributed by atoms with Crippen LogP contribution in [0.5, 0.6) is 5.75 Å². The van der Waals surface area contributed by atoms with Crippen LogP contribution in [0.4, 0.5) is 0 Å². The van der Waals surface area contributed by atoms with Gasteiger partial charge in [0.15, 0.2) is 12.4 Å². The van der Waals surface area contributed by atoms with Crippen molar-refractivity contribution in [1.82, 2.24) is 9.88 Å². The van der Waals surface area contributed by atoms with E-state index in [9.17, 15) is 4.79 Å². The predicted molar refractivity (Wildman–Crippen MR) is 138 cm³/mol. The summed E-state index contributed by atoms with van der Waals surface area (Å²) in [6.45, 7) is 0.484. The molecule has 0 bridgehead atoms. The van der Waals surface area contributed by atoms with E-state index in [2.05, 4.69) is 30.1 Å². The first kappa shape index (κ1) is 23.8. The maximum absolute atomic E-state index is 11.6. The molecule has 0 fully saturated rings. The van der Waals surface area contributed by atoms with E-state index in [1.807, 2.05) is 60.7 Å². The third-order valence-electron chi connectivity index (χ3n) is 6.68. The number of oxazole rings is 1. The molecule has 1 aliphatic carbocycles. The molecule has 5 rings (SSSR count). The summed E-state index contributed by atoms with van der Waals surface area (Å²) >= 11 is 0. The van der Waals surface area contributed by atoms with Crippen LogP contribution in [0.25, 0.3) is 22.6 Å². The number of hydrogen-bond donors (Lipinski definition) is 0. The Bertz CT molecular complexity index is 1260. The van der Waals surface area contributed by atoms with E-state index in [0.29, 0.717) is 12.4 Å². The number of carbonyl (C=O) groups excluding carboxylic acids is 1. The summed E-state index contributed by atoms with van der Waals surface area (Å²) in [5.41, 5.74) is 5.28. The van der Waals surface area contributed by atoms with Crippen molar-refractivity contribution in [3.05, 3.63) is 95.9 Å². The number of rotatable bonds is 8. The molecule has 0 radical (unpaired) electrons. The highest BCUT2D eigenvalue weighted by molar-refractivity contribution is 5.76. The number of carbonyl (C=O) groups is 1. The molecule has 184 valence electrons. The van der Waals surface area contributed by atoms with Gasteiger partial charge in [-0.1, -0.05) is 72.8 Å². The zero-order valence-corrected chi connectivity index (χ0v) is 20.6. The van der Waals surface area contributed by atoms with Crippen molar-refractivity contribution >= 4 is 5.97 Å². The van der Waals surface area contributed by atoms with Gasteiger partial charge in [-0.05, 0) is 43.5 Å². The quantitative estimate of drug-likeness (QED) is 0.284. The van der Waals surface area contributed by atoms with Gasteiger partial charge in [0.05, 0.1) is 13.7 Å². The molecule has 0 amide bonds. The van der Waals surface area contributed by atoms with Gasteiger partial charge in [-0.3, -0.25) is 4.90 Å². The van der Waals surface area contributed by atoms with Crippen molar-refractivity contribution in [2.75, 3.05) is 20.8 Å². The lowest BCUT2D eigenvalue weighted by Crippen LogP contribution is -2.28. The number of nitrogens with zero attached hydrogens (tertiary/aromatic N) is 2. The van der Waals surface area contributed by atoms with Gasteiger partial charge in [0.25, 0.3) is 0 Å². The van der Waals surface area contributed by atoms with Crippen LogP contribution in [0, 0.1) is 0 Å². The van der Waals surface area contributed by atoms with Crippen molar-refractivity contribution in [1.29, 1.82) is 0 Å². The molecule has 36 heavy (non-hydrogen) atoms. The Balaban J connectivity index is 1.42. The van der Waals surface area contributed by atoms with E-state index in [0.717, 1.165) is 53.2 Å². The maximum atomic E-state index is 11.6. The molecule has 6 nitrogen and oxygen atoms in total. The minimum atomic E-state index is -0.385. The zero-order valence-electron chi connectivity index (χ0n) is 20.6. The number of aromatic nitrogens is 1. The van der Waals surface area contributed by atoms with Crippen LogP contribution in [0.2, 0.25) is 0 Å². The fourth-order valence-electron chi connectivity index (χ4n) is 4.91. The summed E-state index contributed by atoms with van der Waals surface area (Å²) in [4.78, 5) is 18.8. The molecule has 0 aliphatic heterocycles. The van der Waals surface area contributed by atoms with Gasteiger partial charge >= 0.3 is 5.97 Å². The third kappa shape index (κ3) is 5.04. The lowest BCUT2D eigenvalue weighted by Gasteiger charge is -2.33. The highest BCUT2D eigenvalue weighted by Gasteiger charge is 2.28. The first-order valence-corrected chi connectivity index (χ1v) is 12.3. The predicted octanol–water partition coefficient (Wildman–Crippen LogP) is 6.07. The number of methoxy groups -OCH3 is 1. The summed E-state index contributed by atoms with van der Waals surface area (Å²) in [7, 11) is 3.47. The molecule has 0 saturated carbocycles. The Morgan fingerprint density at radius 2 is 1.72 bits per heavy atom. The molecule has 0 N–H and O–H groups in total. The number of fused-ring (bicyclic) bond motifs is 1. The lowest BCUT2D eigenvalue weighted by molar-refractivity contribution is -0.142. The van der Waals surface area contributed by atoms with Crippen LogP contribution in [-0.4, -0.2) is 36.6 Å². The molecule has 1 atom stereocenters. The standard InChI is InChI=1S/C30H30N2O4/c1-32(25-17-9-16-24-23(25)15-10-18-26(24)35-20-28(33)34-2)19-27-31-29(21-11-5-3-6-12-21)30(36-27)22-13-7-4-8-14-22/h3-8,10-15,18,25H,9,16-17,19-20H2,1-2H3. The second-order valence-corrected chi connectivity index (χ2v) is 9.03. The summed E-state index contributed by atoms with van der Waals surface area (Å²) < 4.78 is 16.9. The molecule has 4 aromatic rings. The summed E-state index contributed by atoms with van der Waals surface area (Å²) in [5, 5.41) is 0. The van der Waals surface area contributed by atoms with Crippen molar-refractivity contribution in [2.24, 2.45) is 0 Å². The van der Waals surface area contributed by atoms with Crippen LogP contribution in [-0.2, 0) is 22.5 Å². The largest absolute Gasteiger partial charge is 0.482 e. The summed E-state index contributed by atoms with van der Waals surface area (Å²) in [6, 6.07) is 26.5. The van der Waals surface area contributed by atoms with E-state index in [4.69, 9.17) is 18.9 Å². The Labute approximate surface area is 211 Å². The lowest BCUT2D eigenvalue weighted by atomic mass is 9.86. The zero-order chi connectivity index (χ0) is 24.9. The summed E-state index contributed by atoms with van der Waals surface area (Å²) in [5.74, 6) is 1.84. The SMILES string of the molecule is COC(=O)COc1cccc2c1CCCC2N(C)Cc1nc(-c2ccccc2)c(-c2ccccc2)o1. The van der Waals surface area contributed by atoms with Gasteiger partial charge in [0.2, 0.25) is 5.89 Å². The van der Waals surface area contributed by atoms with E-state index >= 15 is 0 Å². The minimum Gasteiger partial charge on any atom is -0.482 e. The molecule has 1 unspecified atom stereocenters. The normalized spacial score (nSPS) is 14.9. The fraction of sp³-hybridized carbons (Fsp3) is 0.267. The van der Waals surface area contributed by atoms with Crippen molar-refractivity contribution in [2.45, 2.75) is 31.8 Å². The van der Waals surface area contributed by atoms with Gasteiger partial charge in [0.1, 0.15) is 11.4 Å². The van der Waals surface area contributed by atoms with E-state index in [1.165, 1.54) is 12.7 Å². The maximum Gasteiger partial charge on any atom is 0.343 e. The number of hydrogen-bond acceptors (Lipinski definition) is 6. The molecule has 0 spiro atoms.